The molecule has 0 radical (unpaired) electrons. The van der Waals surface area contributed by atoms with Gasteiger partial charge < -0.3 is 5.43 Å². The van der Waals surface area contributed by atoms with E-state index in [0.29, 0.717) is 0 Å². The summed E-state index contributed by atoms with van der Waals surface area (Å²) in [4.78, 5) is 0. The van der Waals surface area contributed by atoms with Crippen LogP contribution < -0.4 is 5.43 Å². The average molecular weight is 190 g/mol. The molecule has 1 rings (SSSR count). The zero-order chi connectivity index (χ0) is 10.6. The van der Waals surface area contributed by atoms with Crippen molar-refractivity contribution in [3.8, 4) is 0 Å². The van der Waals surface area contributed by atoms with Crippen LogP contribution in [0.1, 0.15) is 33.3 Å². The number of hydrogen-bond donors (Lipinski definition) is 1. The maximum Gasteiger partial charge on any atom is 0.0644 e. The first kappa shape index (κ1) is 10.8. The number of nitrogens with one attached hydrogen (secondary N) is 1. The van der Waals surface area contributed by atoms with Gasteiger partial charge in [0.25, 0.3) is 0 Å². The van der Waals surface area contributed by atoms with Crippen LogP contribution in [0.15, 0.2) is 35.4 Å². The molecule has 0 heterocycles. The minimum absolute atomic E-state index is 0.0238. The Morgan fingerprint density at radius 1 is 1.14 bits per heavy atom. The molecule has 2 heteroatoms. The van der Waals surface area contributed by atoms with Crippen LogP contribution in [0.25, 0.3) is 0 Å². The first-order chi connectivity index (χ1) is 6.49. The second kappa shape index (κ2) is 4.27. The number of nitrogens with zero attached hydrogens (tertiary/aromatic N) is 1. The highest BCUT2D eigenvalue weighted by Crippen LogP contribution is 2.02. The molecule has 0 amide bonds. The van der Waals surface area contributed by atoms with Crippen molar-refractivity contribution >= 4 is 5.71 Å². The lowest BCUT2D eigenvalue weighted by atomic mass is 10.1. The number of benzene rings is 1. The molecule has 0 bridgehead atoms. The number of hydrogen-bond acceptors (Lipinski definition) is 2. The molecule has 1 aromatic rings. The Morgan fingerprint density at radius 3 is 2.21 bits per heavy atom. The predicted octanol–water partition coefficient (Wildman–Crippen LogP) is 2.80. The van der Waals surface area contributed by atoms with E-state index >= 15 is 0 Å². The van der Waals surface area contributed by atoms with Crippen LogP contribution in [0.5, 0.6) is 0 Å². The standard InChI is InChI=1S/C12H18N2/c1-10(13-14-12(2,3)4)11-8-6-5-7-9-11/h5-9,14H,1-4H3. The van der Waals surface area contributed by atoms with E-state index in [2.05, 4.69) is 43.4 Å². The van der Waals surface area contributed by atoms with Gasteiger partial charge in [-0.15, -0.1) is 0 Å². The molecule has 0 aromatic heterocycles. The van der Waals surface area contributed by atoms with Crippen molar-refractivity contribution < 1.29 is 0 Å². The molecule has 0 aliphatic carbocycles. The van der Waals surface area contributed by atoms with Gasteiger partial charge in [0, 0.05) is 5.54 Å². The van der Waals surface area contributed by atoms with Crippen LogP contribution in [0.4, 0.5) is 0 Å². The van der Waals surface area contributed by atoms with Gasteiger partial charge in [-0.1, -0.05) is 30.3 Å². The van der Waals surface area contributed by atoms with Crippen molar-refractivity contribution in [3.63, 3.8) is 0 Å². The van der Waals surface area contributed by atoms with Crippen LogP contribution in [0.2, 0.25) is 0 Å². The van der Waals surface area contributed by atoms with E-state index < -0.39 is 0 Å². The Balaban J connectivity index is 2.71. The van der Waals surface area contributed by atoms with Crippen molar-refractivity contribution in [1.29, 1.82) is 0 Å². The highest BCUT2D eigenvalue weighted by atomic mass is 15.3. The predicted molar refractivity (Wildman–Crippen MR) is 61.5 cm³/mol. The van der Waals surface area contributed by atoms with Gasteiger partial charge in [0.15, 0.2) is 0 Å². The third-order valence-electron chi connectivity index (χ3n) is 1.75. The monoisotopic (exact) mass is 190 g/mol. The van der Waals surface area contributed by atoms with Gasteiger partial charge in [0.1, 0.15) is 0 Å². The third-order valence-corrected chi connectivity index (χ3v) is 1.75. The van der Waals surface area contributed by atoms with Gasteiger partial charge in [-0.2, -0.15) is 5.10 Å². The lowest BCUT2D eigenvalue weighted by molar-refractivity contribution is 0.441. The van der Waals surface area contributed by atoms with Crippen LogP contribution >= 0.6 is 0 Å². The SMILES string of the molecule is CC(=NNC(C)(C)C)c1ccccc1. The summed E-state index contributed by atoms with van der Waals surface area (Å²) in [6.07, 6.45) is 0. The van der Waals surface area contributed by atoms with Gasteiger partial charge in [-0.05, 0) is 33.3 Å². The van der Waals surface area contributed by atoms with E-state index in [4.69, 9.17) is 0 Å². The number of rotatable bonds is 2. The molecule has 1 N–H and O–H groups in total. The minimum Gasteiger partial charge on any atom is -0.305 e. The quantitative estimate of drug-likeness (QED) is 0.563. The summed E-state index contributed by atoms with van der Waals surface area (Å²) in [5.41, 5.74) is 5.30. The van der Waals surface area contributed by atoms with E-state index in [0.717, 1.165) is 11.3 Å². The second-order valence-electron chi connectivity index (χ2n) is 4.43. The molecule has 0 unspecified atom stereocenters. The molecule has 0 spiro atoms. The lowest BCUT2D eigenvalue weighted by Gasteiger charge is -2.18. The van der Waals surface area contributed by atoms with Crippen LogP contribution in [-0.2, 0) is 0 Å². The fraction of sp³-hybridized carbons (Fsp3) is 0.417. The van der Waals surface area contributed by atoms with Crippen molar-refractivity contribution in [1.82, 2.24) is 5.43 Å². The van der Waals surface area contributed by atoms with E-state index in [1.807, 2.05) is 25.1 Å². The van der Waals surface area contributed by atoms with Gasteiger partial charge in [0.2, 0.25) is 0 Å². The van der Waals surface area contributed by atoms with Crippen molar-refractivity contribution in [3.05, 3.63) is 35.9 Å². The molecule has 76 valence electrons. The van der Waals surface area contributed by atoms with Gasteiger partial charge >= 0.3 is 0 Å². The molecular weight excluding hydrogens is 172 g/mol. The Labute approximate surface area is 86.0 Å². The van der Waals surface area contributed by atoms with Crippen molar-refractivity contribution in [2.24, 2.45) is 5.10 Å². The highest BCUT2D eigenvalue weighted by Gasteiger charge is 2.06. The molecule has 14 heavy (non-hydrogen) atoms. The molecule has 0 aliphatic heterocycles. The normalized spacial score (nSPS) is 12.7. The third kappa shape index (κ3) is 3.60. The molecule has 2 nitrogen and oxygen atoms in total. The second-order valence-corrected chi connectivity index (χ2v) is 4.43. The van der Waals surface area contributed by atoms with E-state index in [9.17, 15) is 0 Å². The maximum atomic E-state index is 4.33. The van der Waals surface area contributed by atoms with Gasteiger partial charge in [0.05, 0.1) is 5.71 Å². The average Bonchev–Trinajstić information content (AvgIpc) is 2.14. The van der Waals surface area contributed by atoms with Crippen LogP contribution in [0, 0.1) is 0 Å². The van der Waals surface area contributed by atoms with Gasteiger partial charge in [-0.3, -0.25) is 0 Å². The highest BCUT2D eigenvalue weighted by molar-refractivity contribution is 5.98. The molecule has 0 aliphatic rings. The minimum atomic E-state index is 0.0238. The Hall–Kier alpha value is -1.31. The molecular formula is C12H18N2. The van der Waals surface area contributed by atoms with Crippen LogP contribution in [0.3, 0.4) is 0 Å². The van der Waals surface area contributed by atoms with E-state index in [-0.39, 0.29) is 5.54 Å². The lowest BCUT2D eigenvalue weighted by Crippen LogP contribution is -2.32. The summed E-state index contributed by atoms with van der Waals surface area (Å²) in [6, 6.07) is 10.2. The summed E-state index contributed by atoms with van der Waals surface area (Å²) in [5.74, 6) is 0. The topological polar surface area (TPSA) is 24.4 Å². The first-order valence-electron chi connectivity index (χ1n) is 4.86. The zero-order valence-corrected chi connectivity index (χ0v) is 9.33. The summed E-state index contributed by atoms with van der Waals surface area (Å²) in [7, 11) is 0. The Kier molecular flexibility index (Phi) is 3.28. The number of hydrazone groups is 1. The molecule has 0 atom stereocenters. The maximum absolute atomic E-state index is 4.33. The van der Waals surface area contributed by atoms with E-state index in [1.165, 1.54) is 0 Å². The van der Waals surface area contributed by atoms with Crippen molar-refractivity contribution in [2.45, 2.75) is 33.2 Å². The molecule has 0 saturated carbocycles. The Bertz CT molecular complexity index is 307. The first-order valence-corrected chi connectivity index (χ1v) is 4.86. The fourth-order valence-electron chi connectivity index (χ4n) is 0.995. The van der Waals surface area contributed by atoms with E-state index in [1.54, 1.807) is 0 Å². The van der Waals surface area contributed by atoms with Crippen molar-refractivity contribution in [2.75, 3.05) is 0 Å². The van der Waals surface area contributed by atoms with Gasteiger partial charge in [-0.25, -0.2) is 0 Å². The largest absolute Gasteiger partial charge is 0.305 e. The molecule has 1 aromatic carbocycles. The zero-order valence-electron chi connectivity index (χ0n) is 9.33. The summed E-state index contributed by atoms with van der Waals surface area (Å²) in [6.45, 7) is 8.28. The fourth-order valence-corrected chi connectivity index (χ4v) is 0.995. The molecule has 0 fully saturated rings. The Morgan fingerprint density at radius 2 is 1.71 bits per heavy atom. The molecule has 0 saturated heterocycles. The smallest absolute Gasteiger partial charge is 0.0644 e. The van der Waals surface area contributed by atoms with Crippen LogP contribution in [-0.4, -0.2) is 11.3 Å². The summed E-state index contributed by atoms with van der Waals surface area (Å²) in [5, 5.41) is 4.33. The summed E-state index contributed by atoms with van der Waals surface area (Å²) >= 11 is 0. The summed E-state index contributed by atoms with van der Waals surface area (Å²) < 4.78 is 0.